The van der Waals surface area contributed by atoms with E-state index in [1.807, 2.05) is 60.7 Å². The van der Waals surface area contributed by atoms with E-state index in [-0.39, 0.29) is 17.6 Å². The fourth-order valence-electron chi connectivity index (χ4n) is 4.99. The molecule has 5 rings (SSSR count). The van der Waals surface area contributed by atoms with Gasteiger partial charge in [0.25, 0.3) is 5.91 Å². The zero-order valence-electron chi connectivity index (χ0n) is 18.6. The normalized spacial score (nSPS) is 18.8. The van der Waals surface area contributed by atoms with Gasteiger partial charge < -0.3 is 14.8 Å². The number of ether oxygens (including phenoxy) is 2. The molecule has 1 N–H and O–H groups in total. The largest absolute Gasteiger partial charge is 0.489 e. The van der Waals surface area contributed by atoms with Gasteiger partial charge in [-0.2, -0.15) is 0 Å². The molecule has 1 amide bonds. The van der Waals surface area contributed by atoms with Gasteiger partial charge in [-0.3, -0.25) is 4.79 Å². The monoisotopic (exact) mass is 461 g/mol. The van der Waals surface area contributed by atoms with Gasteiger partial charge in [-0.05, 0) is 56.0 Å². The minimum absolute atomic E-state index is 0.0757. The molecule has 0 radical (unpaired) electrons. The lowest BCUT2D eigenvalue weighted by Crippen LogP contribution is -2.46. The fourth-order valence-corrected chi connectivity index (χ4v) is 5.18. The van der Waals surface area contributed by atoms with E-state index in [2.05, 4.69) is 11.4 Å². The second-order valence-electron chi connectivity index (χ2n) is 9.02. The molecule has 1 atom stereocenters. The number of carbonyl (C=O) groups excluding carboxylic acids is 1. The Morgan fingerprint density at radius 2 is 1.79 bits per heavy atom. The Kier molecular flexibility index (Phi) is 6.28. The molecule has 2 aliphatic rings. The molecule has 0 saturated heterocycles. The molecular weight excluding hydrogens is 434 g/mol. The number of amides is 1. The zero-order valence-corrected chi connectivity index (χ0v) is 19.3. The van der Waals surface area contributed by atoms with Crippen LogP contribution >= 0.6 is 11.6 Å². The van der Waals surface area contributed by atoms with E-state index in [0.29, 0.717) is 22.9 Å². The first-order valence-corrected chi connectivity index (χ1v) is 12.0. The molecule has 4 nitrogen and oxygen atoms in total. The Hall–Kier alpha value is -2.98. The molecule has 3 aromatic rings. The molecule has 1 fully saturated rings. The molecule has 1 aliphatic carbocycles. The summed E-state index contributed by atoms with van der Waals surface area (Å²) in [5.41, 5.74) is 2.36. The fraction of sp³-hybridized carbons (Fsp3) is 0.321. The zero-order chi connectivity index (χ0) is 22.7. The van der Waals surface area contributed by atoms with E-state index in [9.17, 15) is 4.79 Å². The van der Waals surface area contributed by atoms with Crippen molar-refractivity contribution >= 4 is 17.5 Å². The van der Waals surface area contributed by atoms with Gasteiger partial charge in [-0.1, -0.05) is 60.5 Å². The molecule has 170 valence electrons. The van der Waals surface area contributed by atoms with Crippen molar-refractivity contribution in [2.24, 2.45) is 0 Å². The van der Waals surface area contributed by atoms with Gasteiger partial charge in [0.15, 0.2) is 0 Å². The molecule has 1 aliphatic heterocycles. The Morgan fingerprint density at radius 1 is 1.00 bits per heavy atom. The van der Waals surface area contributed by atoms with Gasteiger partial charge >= 0.3 is 0 Å². The number of rotatable bonds is 5. The average Bonchev–Trinajstić information content (AvgIpc) is 2.84. The number of halogens is 1. The lowest BCUT2D eigenvalue weighted by molar-refractivity contribution is -0.00210. The Labute approximate surface area is 199 Å². The standard InChI is InChI=1S/C28H28ClNO3/c29-24-13-4-2-9-21(24)19-32-22-11-8-10-20(17-22)27(31)30-25-18-28(15-6-1-7-16-28)33-26-14-5-3-12-23(25)26/h2-5,8-14,17,25H,1,6-7,15-16,18-19H2,(H,30,31). The molecule has 1 heterocycles. The summed E-state index contributed by atoms with van der Waals surface area (Å²) in [6.07, 6.45) is 6.49. The van der Waals surface area contributed by atoms with Crippen molar-refractivity contribution in [3.8, 4) is 11.5 Å². The van der Waals surface area contributed by atoms with Crippen LogP contribution in [0.2, 0.25) is 5.02 Å². The van der Waals surface area contributed by atoms with Crippen LogP contribution in [-0.4, -0.2) is 11.5 Å². The number of carbonyl (C=O) groups is 1. The lowest BCUT2D eigenvalue weighted by atomic mass is 9.77. The predicted molar refractivity (Wildman–Crippen MR) is 130 cm³/mol. The van der Waals surface area contributed by atoms with E-state index in [1.54, 1.807) is 6.07 Å². The van der Waals surface area contributed by atoms with E-state index in [4.69, 9.17) is 21.1 Å². The summed E-state index contributed by atoms with van der Waals surface area (Å²) >= 11 is 6.23. The van der Waals surface area contributed by atoms with Crippen LogP contribution < -0.4 is 14.8 Å². The third-order valence-electron chi connectivity index (χ3n) is 6.72. The summed E-state index contributed by atoms with van der Waals surface area (Å²) in [7, 11) is 0. The average molecular weight is 462 g/mol. The summed E-state index contributed by atoms with van der Waals surface area (Å²) < 4.78 is 12.4. The quantitative estimate of drug-likeness (QED) is 0.450. The van der Waals surface area contributed by atoms with Crippen LogP contribution in [0.3, 0.4) is 0 Å². The van der Waals surface area contributed by atoms with Crippen LogP contribution in [0.25, 0.3) is 0 Å². The van der Waals surface area contributed by atoms with Crippen molar-refractivity contribution in [1.82, 2.24) is 5.32 Å². The topological polar surface area (TPSA) is 47.6 Å². The van der Waals surface area contributed by atoms with Crippen molar-refractivity contribution in [3.05, 3.63) is 94.5 Å². The summed E-state index contributed by atoms with van der Waals surface area (Å²) in [4.78, 5) is 13.2. The maximum Gasteiger partial charge on any atom is 0.251 e. The molecule has 33 heavy (non-hydrogen) atoms. The smallest absolute Gasteiger partial charge is 0.251 e. The number of nitrogens with one attached hydrogen (secondary N) is 1. The van der Waals surface area contributed by atoms with Gasteiger partial charge in [0.2, 0.25) is 0 Å². The third-order valence-corrected chi connectivity index (χ3v) is 7.08. The summed E-state index contributed by atoms with van der Waals surface area (Å²) in [5, 5.41) is 3.95. The minimum atomic E-state index is -0.176. The maximum absolute atomic E-state index is 13.2. The van der Waals surface area contributed by atoms with Crippen molar-refractivity contribution in [2.45, 2.75) is 56.8 Å². The predicted octanol–water partition coefficient (Wildman–Crippen LogP) is 6.88. The molecule has 0 aromatic heterocycles. The van der Waals surface area contributed by atoms with Gasteiger partial charge in [0.1, 0.15) is 23.7 Å². The van der Waals surface area contributed by atoms with Crippen LogP contribution in [0.5, 0.6) is 11.5 Å². The first-order chi connectivity index (χ1) is 16.1. The number of para-hydroxylation sites is 1. The Bertz CT molecular complexity index is 1140. The highest BCUT2D eigenvalue weighted by molar-refractivity contribution is 6.31. The van der Waals surface area contributed by atoms with E-state index < -0.39 is 0 Å². The minimum Gasteiger partial charge on any atom is -0.489 e. The molecular formula is C28H28ClNO3. The van der Waals surface area contributed by atoms with E-state index in [0.717, 1.165) is 36.1 Å². The summed E-state index contributed by atoms with van der Waals surface area (Å²) in [5.74, 6) is 1.43. The van der Waals surface area contributed by atoms with Crippen LogP contribution in [0.4, 0.5) is 0 Å². The summed E-state index contributed by atoms with van der Waals surface area (Å²) in [6, 6.07) is 22.9. The second-order valence-corrected chi connectivity index (χ2v) is 9.43. The highest BCUT2D eigenvalue weighted by atomic mass is 35.5. The van der Waals surface area contributed by atoms with E-state index in [1.165, 1.54) is 19.3 Å². The Balaban J connectivity index is 1.32. The van der Waals surface area contributed by atoms with E-state index >= 15 is 0 Å². The van der Waals surface area contributed by atoms with Crippen molar-refractivity contribution < 1.29 is 14.3 Å². The van der Waals surface area contributed by atoms with Gasteiger partial charge in [0, 0.05) is 28.1 Å². The first kappa shape index (κ1) is 21.8. The number of hydrogen-bond acceptors (Lipinski definition) is 3. The molecule has 3 aromatic carbocycles. The number of hydrogen-bond donors (Lipinski definition) is 1. The van der Waals surface area contributed by atoms with Crippen LogP contribution in [-0.2, 0) is 6.61 Å². The molecule has 1 saturated carbocycles. The van der Waals surface area contributed by atoms with Gasteiger partial charge in [-0.15, -0.1) is 0 Å². The maximum atomic E-state index is 13.2. The molecule has 5 heteroatoms. The lowest BCUT2D eigenvalue weighted by Gasteiger charge is -2.44. The van der Waals surface area contributed by atoms with Crippen molar-refractivity contribution in [1.29, 1.82) is 0 Å². The second kappa shape index (κ2) is 9.48. The Morgan fingerprint density at radius 3 is 2.64 bits per heavy atom. The molecule has 1 spiro atoms. The SMILES string of the molecule is O=C(NC1CC2(CCCCC2)Oc2ccccc21)c1cccc(OCc2ccccc2Cl)c1. The van der Waals surface area contributed by atoms with Crippen LogP contribution in [0.15, 0.2) is 72.8 Å². The third kappa shape index (κ3) is 4.86. The van der Waals surface area contributed by atoms with Crippen LogP contribution in [0, 0.1) is 0 Å². The van der Waals surface area contributed by atoms with Crippen LogP contribution in [0.1, 0.15) is 66.1 Å². The number of benzene rings is 3. The van der Waals surface area contributed by atoms with Gasteiger partial charge in [-0.25, -0.2) is 0 Å². The highest BCUT2D eigenvalue weighted by Gasteiger charge is 2.42. The van der Waals surface area contributed by atoms with Gasteiger partial charge in [0.05, 0.1) is 6.04 Å². The van der Waals surface area contributed by atoms with Crippen molar-refractivity contribution in [3.63, 3.8) is 0 Å². The highest BCUT2D eigenvalue weighted by Crippen LogP contribution is 2.46. The molecule has 0 bridgehead atoms. The summed E-state index contributed by atoms with van der Waals surface area (Å²) in [6.45, 7) is 0.348. The molecule has 1 unspecified atom stereocenters. The first-order valence-electron chi connectivity index (χ1n) is 11.7. The number of fused-ring (bicyclic) bond motifs is 1. The van der Waals surface area contributed by atoms with Crippen molar-refractivity contribution in [2.75, 3.05) is 0 Å².